The Labute approximate surface area is 157 Å². The van der Waals surface area contributed by atoms with E-state index < -0.39 is 23.8 Å². The molecular weight excluding hydrogens is 360 g/mol. The van der Waals surface area contributed by atoms with E-state index in [1.165, 1.54) is 0 Å². The number of hydrogen-bond donors (Lipinski definition) is 4. The summed E-state index contributed by atoms with van der Waals surface area (Å²) in [6.07, 6.45) is 3.07. The van der Waals surface area contributed by atoms with Crippen LogP contribution in [-0.2, 0) is 28.7 Å². The van der Waals surface area contributed by atoms with Gasteiger partial charge < -0.3 is 30.3 Å². The van der Waals surface area contributed by atoms with E-state index in [4.69, 9.17) is 19.7 Å². The van der Waals surface area contributed by atoms with Gasteiger partial charge in [0.1, 0.15) is 0 Å². The molecule has 152 valence electrons. The molecule has 10 nitrogen and oxygen atoms in total. The van der Waals surface area contributed by atoms with Crippen LogP contribution in [-0.4, -0.2) is 72.0 Å². The van der Waals surface area contributed by atoms with Crippen LogP contribution >= 0.6 is 0 Å². The van der Waals surface area contributed by atoms with Crippen LogP contribution in [0.4, 0.5) is 0 Å². The lowest BCUT2D eigenvalue weighted by atomic mass is 10.3. The Morgan fingerprint density at radius 1 is 0.778 bits per heavy atom. The first-order valence-corrected chi connectivity index (χ1v) is 8.22. The molecule has 27 heavy (non-hydrogen) atoms. The van der Waals surface area contributed by atoms with E-state index in [1.54, 1.807) is 20.8 Å². The first kappa shape index (κ1) is 24.3. The summed E-state index contributed by atoms with van der Waals surface area (Å²) in [4.78, 5) is 43.4. The lowest BCUT2D eigenvalue weighted by Gasteiger charge is -2.19. The molecule has 2 amide bonds. The average molecular weight is 386 g/mol. The number of rotatable bonds is 13. The highest BCUT2D eigenvalue weighted by Gasteiger charge is 2.10. The molecule has 0 bridgehead atoms. The van der Waals surface area contributed by atoms with Crippen molar-refractivity contribution >= 4 is 23.8 Å². The molecule has 0 aromatic heterocycles. The smallest absolute Gasteiger partial charge is 0.328 e. The summed E-state index contributed by atoms with van der Waals surface area (Å²) in [7, 11) is 0. The molecule has 0 aromatic rings. The van der Waals surface area contributed by atoms with Gasteiger partial charge in [0.25, 0.3) is 0 Å². The third-order valence-electron chi connectivity index (χ3n) is 2.88. The van der Waals surface area contributed by atoms with E-state index in [1.807, 2.05) is 0 Å². The van der Waals surface area contributed by atoms with Crippen LogP contribution in [0.5, 0.6) is 0 Å². The fraction of sp³-hybridized carbons (Fsp3) is 0.529. The van der Waals surface area contributed by atoms with Crippen molar-refractivity contribution in [2.24, 2.45) is 0 Å². The Hall–Kier alpha value is -2.72. The van der Waals surface area contributed by atoms with Crippen LogP contribution < -0.4 is 10.6 Å². The predicted octanol–water partition coefficient (Wildman–Crippen LogP) is -0.301. The number of carboxylic acid groups (broad SMARTS) is 2. The van der Waals surface area contributed by atoms with Crippen LogP contribution in [0.1, 0.15) is 20.8 Å². The van der Waals surface area contributed by atoms with Crippen molar-refractivity contribution < 1.29 is 38.9 Å². The molecule has 10 heteroatoms. The summed E-state index contributed by atoms with van der Waals surface area (Å²) < 4.78 is 10.9. The number of amides is 2. The zero-order chi connectivity index (χ0) is 20.8. The van der Waals surface area contributed by atoms with Crippen molar-refractivity contribution in [3.8, 4) is 0 Å². The zero-order valence-corrected chi connectivity index (χ0v) is 15.5. The summed E-state index contributed by atoms with van der Waals surface area (Å²) in [5.41, 5.74) is 0. The van der Waals surface area contributed by atoms with Crippen LogP contribution in [0, 0.1) is 0 Å². The van der Waals surface area contributed by atoms with Crippen LogP contribution in [0.3, 0.4) is 0 Å². The first-order valence-electron chi connectivity index (χ1n) is 8.22. The van der Waals surface area contributed by atoms with Crippen LogP contribution in [0.25, 0.3) is 0 Å². The van der Waals surface area contributed by atoms with Crippen LogP contribution in [0.2, 0.25) is 0 Å². The van der Waals surface area contributed by atoms with Crippen molar-refractivity contribution in [3.05, 3.63) is 24.3 Å². The first-order chi connectivity index (χ1) is 12.6. The number of hydrogen-bond acceptors (Lipinski definition) is 6. The summed E-state index contributed by atoms with van der Waals surface area (Å²) in [6, 6.07) is -0.639. The quantitative estimate of drug-likeness (QED) is 0.315. The molecule has 0 aromatic carbocycles. The van der Waals surface area contributed by atoms with E-state index in [2.05, 4.69) is 10.6 Å². The zero-order valence-electron chi connectivity index (χ0n) is 15.5. The Morgan fingerprint density at radius 2 is 1.22 bits per heavy atom. The number of nitrogens with one attached hydrogen (secondary N) is 2. The van der Waals surface area contributed by atoms with Gasteiger partial charge in [-0.05, 0) is 20.8 Å². The van der Waals surface area contributed by atoms with E-state index >= 15 is 0 Å². The van der Waals surface area contributed by atoms with Crippen molar-refractivity contribution in [2.45, 2.75) is 39.0 Å². The minimum absolute atomic E-state index is 0.212. The second kappa shape index (κ2) is 13.5. The third kappa shape index (κ3) is 15.3. The highest BCUT2D eigenvalue weighted by Crippen LogP contribution is 1.96. The Kier molecular flexibility index (Phi) is 12.1. The standard InChI is InChI=1S/C17H26N2O8/c1-11(18-14(20)4-6-16(22)23)8-26-10-13(3)27-9-12(2)19-15(21)5-7-17(24)25/h4-7,11-13H,8-10H2,1-3H3,(H,18,20)(H,19,21)(H,22,23)(H,24,25)/b6-4+,7-5+. The topological polar surface area (TPSA) is 151 Å². The lowest BCUT2D eigenvalue weighted by molar-refractivity contribution is -0.132. The van der Waals surface area contributed by atoms with Gasteiger partial charge in [0, 0.05) is 36.4 Å². The van der Waals surface area contributed by atoms with Gasteiger partial charge >= 0.3 is 11.9 Å². The molecule has 0 rings (SSSR count). The molecule has 0 fully saturated rings. The fourth-order valence-electron chi connectivity index (χ4n) is 1.73. The van der Waals surface area contributed by atoms with E-state index in [-0.39, 0.29) is 38.0 Å². The molecule has 0 aliphatic carbocycles. The Morgan fingerprint density at radius 3 is 1.67 bits per heavy atom. The van der Waals surface area contributed by atoms with Crippen molar-refractivity contribution in [2.75, 3.05) is 19.8 Å². The fourth-order valence-corrected chi connectivity index (χ4v) is 1.73. The van der Waals surface area contributed by atoms with Gasteiger partial charge in [0.05, 0.1) is 25.9 Å². The SMILES string of the molecule is CC(COCC(C)OCC(C)NC(=O)/C=C/C(=O)O)NC(=O)/C=C/C(=O)O. The minimum atomic E-state index is -1.21. The number of aliphatic carboxylic acids is 2. The number of ether oxygens (including phenoxy) is 2. The summed E-state index contributed by atoms with van der Waals surface area (Å²) in [5.74, 6) is -3.47. The normalized spacial score (nSPS) is 14.6. The largest absolute Gasteiger partial charge is 0.478 e. The van der Waals surface area contributed by atoms with Crippen LogP contribution in [0.15, 0.2) is 24.3 Å². The summed E-state index contributed by atoms with van der Waals surface area (Å²) >= 11 is 0. The summed E-state index contributed by atoms with van der Waals surface area (Å²) in [5, 5.41) is 22.0. The molecule has 3 atom stereocenters. The van der Waals surface area contributed by atoms with Gasteiger partial charge in [0.15, 0.2) is 0 Å². The molecule has 0 saturated carbocycles. The molecule has 3 unspecified atom stereocenters. The molecule has 0 saturated heterocycles. The monoisotopic (exact) mass is 386 g/mol. The Bertz CT molecular complexity index is 573. The molecule has 4 N–H and O–H groups in total. The van der Waals surface area contributed by atoms with Gasteiger partial charge in [-0.25, -0.2) is 9.59 Å². The van der Waals surface area contributed by atoms with E-state index in [0.29, 0.717) is 0 Å². The molecule has 0 heterocycles. The van der Waals surface area contributed by atoms with Gasteiger partial charge in [-0.2, -0.15) is 0 Å². The van der Waals surface area contributed by atoms with Gasteiger partial charge in [-0.1, -0.05) is 0 Å². The van der Waals surface area contributed by atoms with Gasteiger partial charge in [-0.3, -0.25) is 9.59 Å². The molecule has 0 spiro atoms. The maximum atomic E-state index is 11.4. The van der Waals surface area contributed by atoms with Crippen molar-refractivity contribution in [3.63, 3.8) is 0 Å². The maximum absolute atomic E-state index is 11.4. The highest BCUT2D eigenvalue weighted by molar-refractivity contribution is 5.94. The summed E-state index contributed by atoms with van der Waals surface area (Å²) in [6.45, 7) is 5.88. The number of carboxylic acids is 2. The second-order valence-corrected chi connectivity index (χ2v) is 5.84. The minimum Gasteiger partial charge on any atom is -0.478 e. The second-order valence-electron chi connectivity index (χ2n) is 5.84. The van der Waals surface area contributed by atoms with Crippen molar-refractivity contribution in [1.29, 1.82) is 0 Å². The van der Waals surface area contributed by atoms with E-state index in [0.717, 1.165) is 24.3 Å². The molecule has 0 radical (unpaired) electrons. The molecule has 0 aliphatic rings. The highest BCUT2D eigenvalue weighted by atomic mass is 16.5. The van der Waals surface area contributed by atoms with E-state index in [9.17, 15) is 19.2 Å². The third-order valence-corrected chi connectivity index (χ3v) is 2.88. The average Bonchev–Trinajstić information content (AvgIpc) is 2.56. The Balaban J connectivity index is 3.94. The van der Waals surface area contributed by atoms with Gasteiger partial charge in [0.2, 0.25) is 11.8 Å². The number of carbonyl (C=O) groups excluding carboxylic acids is 2. The van der Waals surface area contributed by atoms with Crippen molar-refractivity contribution in [1.82, 2.24) is 10.6 Å². The molecular formula is C17H26N2O8. The van der Waals surface area contributed by atoms with Gasteiger partial charge in [-0.15, -0.1) is 0 Å². The lowest BCUT2D eigenvalue weighted by Crippen LogP contribution is -2.37. The maximum Gasteiger partial charge on any atom is 0.328 e. The number of carbonyl (C=O) groups is 4. The molecule has 0 aliphatic heterocycles. The predicted molar refractivity (Wildman–Crippen MR) is 95.0 cm³/mol.